The molecule has 1 aromatic carbocycles. The number of benzene rings is 1. The predicted molar refractivity (Wildman–Crippen MR) is 87.1 cm³/mol. The maximum atomic E-state index is 12.1. The first kappa shape index (κ1) is 16.8. The van der Waals surface area contributed by atoms with Crippen LogP contribution >= 0.6 is 0 Å². The number of hydrogen-bond acceptors (Lipinski definition) is 4. The molecule has 0 bridgehead atoms. The second kappa shape index (κ2) is 8.15. The van der Waals surface area contributed by atoms with Crippen LogP contribution in [0.2, 0.25) is 0 Å². The smallest absolute Gasteiger partial charge is 0.238 e. The quantitative estimate of drug-likeness (QED) is 0.845. The zero-order valence-electron chi connectivity index (χ0n) is 13.4. The summed E-state index contributed by atoms with van der Waals surface area (Å²) >= 11 is 0. The van der Waals surface area contributed by atoms with Gasteiger partial charge in [-0.3, -0.25) is 9.69 Å². The Labute approximate surface area is 132 Å². The molecule has 5 heteroatoms. The topological polar surface area (TPSA) is 61.8 Å². The number of anilines is 1. The number of ether oxygens (including phenoxy) is 1. The first-order chi connectivity index (χ1) is 10.6. The maximum Gasteiger partial charge on any atom is 0.238 e. The predicted octanol–water partition coefficient (Wildman–Crippen LogP) is 2.12. The van der Waals surface area contributed by atoms with Crippen molar-refractivity contribution in [3.8, 4) is 5.75 Å². The number of nitrogens with zero attached hydrogens (tertiary/aromatic N) is 1. The highest BCUT2D eigenvalue weighted by atomic mass is 16.5. The molecular weight excluding hydrogens is 280 g/mol. The summed E-state index contributed by atoms with van der Waals surface area (Å²) in [6.07, 6.45) is 1.65. The Bertz CT molecular complexity index is 465. The van der Waals surface area contributed by atoms with Crippen LogP contribution in [0.3, 0.4) is 0 Å². The van der Waals surface area contributed by atoms with Gasteiger partial charge in [-0.15, -0.1) is 0 Å². The summed E-state index contributed by atoms with van der Waals surface area (Å²) < 4.78 is 5.38. The molecule has 1 atom stereocenters. The Morgan fingerprint density at radius 2 is 2.00 bits per heavy atom. The van der Waals surface area contributed by atoms with Gasteiger partial charge in [-0.2, -0.15) is 0 Å². The van der Waals surface area contributed by atoms with E-state index in [9.17, 15) is 9.90 Å². The van der Waals surface area contributed by atoms with Gasteiger partial charge in [0.25, 0.3) is 0 Å². The van der Waals surface area contributed by atoms with Gasteiger partial charge in [0.05, 0.1) is 19.3 Å². The summed E-state index contributed by atoms with van der Waals surface area (Å²) in [4.78, 5) is 14.2. The normalized spacial score (nSPS) is 18.0. The molecule has 1 aromatic rings. The fraction of sp³-hybridized carbons (Fsp3) is 0.588. The van der Waals surface area contributed by atoms with Crippen LogP contribution in [0.15, 0.2) is 24.3 Å². The zero-order chi connectivity index (χ0) is 15.9. The Kier molecular flexibility index (Phi) is 6.21. The highest BCUT2D eigenvalue weighted by Crippen LogP contribution is 2.20. The van der Waals surface area contributed by atoms with Crippen molar-refractivity contribution < 1.29 is 14.6 Å². The van der Waals surface area contributed by atoms with Crippen LogP contribution in [0.1, 0.15) is 26.7 Å². The number of rotatable bonds is 6. The van der Waals surface area contributed by atoms with Gasteiger partial charge >= 0.3 is 0 Å². The molecule has 2 N–H and O–H groups in total. The summed E-state index contributed by atoms with van der Waals surface area (Å²) in [5, 5.41) is 12.5. The maximum absolute atomic E-state index is 12.1. The summed E-state index contributed by atoms with van der Waals surface area (Å²) in [5.41, 5.74) is 0.785. The van der Waals surface area contributed by atoms with Crippen molar-refractivity contribution in [2.75, 3.05) is 31.6 Å². The molecule has 22 heavy (non-hydrogen) atoms. The van der Waals surface area contributed by atoms with E-state index >= 15 is 0 Å². The molecule has 0 radical (unpaired) electrons. The van der Waals surface area contributed by atoms with E-state index in [1.54, 1.807) is 0 Å². The monoisotopic (exact) mass is 306 g/mol. The Morgan fingerprint density at radius 3 is 2.55 bits per heavy atom. The minimum absolute atomic E-state index is 0.000318. The summed E-state index contributed by atoms with van der Waals surface area (Å²) in [6, 6.07) is 7.41. The minimum Gasteiger partial charge on any atom is -0.494 e. The van der Waals surface area contributed by atoms with Gasteiger partial charge in [-0.1, -0.05) is 0 Å². The molecule has 0 spiro atoms. The Hall–Kier alpha value is -1.59. The van der Waals surface area contributed by atoms with E-state index in [2.05, 4.69) is 10.2 Å². The molecule has 0 aromatic heterocycles. The van der Waals surface area contributed by atoms with E-state index in [0.717, 1.165) is 37.4 Å². The van der Waals surface area contributed by atoms with Gasteiger partial charge in [0, 0.05) is 5.69 Å². The molecule has 1 aliphatic rings. The third-order valence-corrected chi connectivity index (χ3v) is 4.13. The van der Waals surface area contributed by atoms with Gasteiger partial charge in [0.2, 0.25) is 5.91 Å². The summed E-state index contributed by atoms with van der Waals surface area (Å²) in [6.45, 7) is 6.56. The van der Waals surface area contributed by atoms with Crippen LogP contribution in [0, 0.1) is 5.92 Å². The zero-order valence-corrected chi connectivity index (χ0v) is 13.4. The van der Waals surface area contributed by atoms with Crippen LogP contribution in [0.25, 0.3) is 0 Å². The van der Waals surface area contributed by atoms with E-state index < -0.39 is 0 Å². The summed E-state index contributed by atoms with van der Waals surface area (Å²) in [7, 11) is 0. The number of likely N-dealkylation sites (tertiary alicyclic amines) is 1. The van der Waals surface area contributed by atoms with Crippen LogP contribution < -0.4 is 10.1 Å². The van der Waals surface area contributed by atoms with E-state index in [0.29, 0.717) is 19.1 Å². The van der Waals surface area contributed by atoms with Crippen LogP contribution in [-0.2, 0) is 4.79 Å². The molecule has 0 aliphatic carbocycles. The SMILES string of the molecule is CCOc1ccc(NC(=O)CN2CCC(C(C)O)CC2)cc1. The van der Waals surface area contributed by atoms with Gasteiger partial charge < -0.3 is 15.2 Å². The number of carbonyl (C=O) groups is 1. The van der Waals surface area contributed by atoms with Crippen molar-refractivity contribution in [3.63, 3.8) is 0 Å². The molecule has 5 nitrogen and oxygen atoms in total. The summed E-state index contributed by atoms with van der Waals surface area (Å²) in [5.74, 6) is 1.17. The molecule has 1 unspecified atom stereocenters. The number of amides is 1. The fourth-order valence-corrected chi connectivity index (χ4v) is 2.80. The molecule has 0 saturated carbocycles. The van der Waals surface area contributed by atoms with Crippen LogP contribution in [0.4, 0.5) is 5.69 Å². The average molecular weight is 306 g/mol. The number of aliphatic hydroxyl groups excluding tert-OH is 1. The van der Waals surface area contributed by atoms with Crippen molar-refractivity contribution in [1.29, 1.82) is 0 Å². The molecule has 122 valence electrons. The van der Waals surface area contributed by atoms with Crippen LogP contribution in [-0.4, -0.2) is 48.3 Å². The lowest BCUT2D eigenvalue weighted by atomic mass is 9.92. The molecule has 1 aliphatic heterocycles. The number of hydrogen-bond donors (Lipinski definition) is 2. The highest BCUT2D eigenvalue weighted by molar-refractivity contribution is 5.92. The molecule has 1 heterocycles. The Balaban J connectivity index is 1.76. The first-order valence-corrected chi connectivity index (χ1v) is 8.01. The number of carbonyl (C=O) groups excluding carboxylic acids is 1. The van der Waals surface area contributed by atoms with E-state index in [1.807, 2.05) is 38.1 Å². The average Bonchev–Trinajstić information content (AvgIpc) is 2.50. The number of nitrogens with one attached hydrogen (secondary N) is 1. The van der Waals surface area contributed by atoms with Gasteiger partial charge in [0.1, 0.15) is 5.75 Å². The Morgan fingerprint density at radius 1 is 1.36 bits per heavy atom. The molecular formula is C17H26N2O3. The highest BCUT2D eigenvalue weighted by Gasteiger charge is 2.23. The number of piperidine rings is 1. The van der Waals surface area contributed by atoms with Crippen LogP contribution in [0.5, 0.6) is 5.75 Å². The van der Waals surface area contributed by atoms with Gasteiger partial charge in [0.15, 0.2) is 0 Å². The molecule has 2 rings (SSSR count). The van der Waals surface area contributed by atoms with E-state index in [4.69, 9.17) is 4.74 Å². The second-order valence-corrected chi connectivity index (χ2v) is 5.86. The lowest BCUT2D eigenvalue weighted by molar-refractivity contribution is -0.117. The van der Waals surface area contributed by atoms with Gasteiger partial charge in [-0.25, -0.2) is 0 Å². The van der Waals surface area contributed by atoms with Crippen molar-refractivity contribution >= 4 is 11.6 Å². The molecule has 1 amide bonds. The van der Waals surface area contributed by atoms with Gasteiger partial charge in [-0.05, 0) is 70.0 Å². The third-order valence-electron chi connectivity index (χ3n) is 4.13. The van der Waals surface area contributed by atoms with Crippen molar-refractivity contribution in [2.24, 2.45) is 5.92 Å². The fourth-order valence-electron chi connectivity index (χ4n) is 2.80. The third kappa shape index (κ3) is 5.00. The van der Waals surface area contributed by atoms with Crippen molar-refractivity contribution in [1.82, 2.24) is 4.90 Å². The standard InChI is InChI=1S/C17H26N2O3/c1-3-22-16-6-4-15(5-7-16)18-17(21)12-19-10-8-14(9-11-19)13(2)20/h4-7,13-14,20H,3,8-12H2,1-2H3,(H,18,21). The minimum atomic E-state index is -0.250. The number of aliphatic hydroxyl groups is 1. The lowest BCUT2D eigenvalue weighted by Crippen LogP contribution is -2.41. The largest absolute Gasteiger partial charge is 0.494 e. The lowest BCUT2D eigenvalue weighted by Gasteiger charge is -2.32. The van der Waals surface area contributed by atoms with Crippen molar-refractivity contribution in [2.45, 2.75) is 32.8 Å². The van der Waals surface area contributed by atoms with E-state index in [-0.39, 0.29) is 12.0 Å². The first-order valence-electron chi connectivity index (χ1n) is 8.01. The van der Waals surface area contributed by atoms with E-state index in [1.165, 1.54) is 0 Å². The second-order valence-electron chi connectivity index (χ2n) is 5.86. The molecule has 1 saturated heterocycles. The molecule has 1 fully saturated rings. The van der Waals surface area contributed by atoms with Crippen molar-refractivity contribution in [3.05, 3.63) is 24.3 Å².